The van der Waals surface area contributed by atoms with Crippen molar-refractivity contribution in [2.24, 2.45) is 0 Å². The van der Waals surface area contributed by atoms with Crippen LogP contribution in [0.2, 0.25) is 5.02 Å². The van der Waals surface area contributed by atoms with E-state index in [0.717, 1.165) is 17.0 Å². The number of aromatic nitrogens is 3. The first kappa shape index (κ1) is 32.4. The van der Waals surface area contributed by atoms with Gasteiger partial charge in [0.05, 0.1) is 34.6 Å². The Morgan fingerprint density at radius 2 is 1.82 bits per heavy atom. The summed E-state index contributed by atoms with van der Waals surface area (Å²) in [5, 5.41) is 10.6. The van der Waals surface area contributed by atoms with Crippen LogP contribution in [0.1, 0.15) is 39.2 Å². The summed E-state index contributed by atoms with van der Waals surface area (Å²) in [6.07, 6.45) is -0.524. The van der Waals surface area contributed by atoms with Gasteiger partial charge in [-0.25, -0.2) is 31.4 Å². The average molecular weight is 667 g/mol. The van der Waals surface area contributed by atoms with Crippen molar-refractivity contribution in [2.75, 3.05) is 28.6 Å². The molecular weight excluding hydrogens is 637 g/mol. The van der Waals surface area contributed by atoms with Gasteiger partial charge >= 0.3 is 6.09 Å². The van der Waals surface area contributed by atoms with Gasteiger partial charge in [0, 0.05) is 31.0 Å². The van der Waals surface area contributed by atoms with E-state index in [0.29, 0.717) is 10.6 Å². The maximum Gasteiger partial charge on any atom is 0.408 e. The molecule has 3 heterocycles. The van der Waals surface area contributed by atoms with Gasteiger partial charge in [-0.2, -0.15) is 5.10 Å². The quantitative estimate of drug-likeness (QED) is 0.408. The van der Waals surface area contributed by atoms with Crippen molar-refractivity contribution in [3.63, 3.8) is 0 Å². The number of nitrogens with zero attached hydrogens (tertiary/aromatic N) is 5. The van der Waals surface area contributed by atoms with Crippen LogP contribution in [0.5, 0.6) is 0 Å². The largest absolute Gasteiger partial charge is 0.444 e. The fraction of sp³-hybridized carbons (Fsp3) is 0.414. The monoisotopic (exact) mass is 666 g/mol. The summed E-state index contributed by atoms with van der Waals surface area (Å²) < 4.78 is 75.6. The lowest BCUT2D eigenvalue weighted by Gasteiger charge is -2.32. The molecule has 1 fully saturated rings. The molecule has 0 aliphatic carbocycles. The van der Waals surface area contributed by atoms with Crippen molar-refractivity contribution in [1.29, 1.82) is 0 Å². The lowest BCUT2D eigenvalue weighted by molar-refractivity contribution is -0.120. The van der Waals surface area contributed by atoms with Gasteiger partial charge in [-0.15, -0.1) is 5.10 Å². The number of hydrogen-bond acceptors (Lipinski definition) is 9. The number of anilines is 2. The summed E-state index contributed by atoms with van der Waals surface area (Å²) in [6.45, 7) is 4.64. The summed E-state index contributed by atoms with van der Waals surface area (Å²) >= 11 is 6.03. The van der Waals surface area contributed by atoms with Crippen molar-refractivity contribution in [1.82, 2.24) is 20.5 Å². The molecule has 45 heavy (non-hydrogen) atoms. The Kier molecular flexibility index (Phi) is 8.70. The highest BCUT2D eigenvalue weighted by atomic mass is 35.5. The molecule has 5 rings (SSSR count). The number of rotatable bonds is 5. The Morgan fingerprint density at radius 3 is 2.47 bits per heavy atom. The highest BCUT2D eigenvalue weighted by Crippen LogP contribution is 2.37. The lowest BCUT2D eigenvalue weighted by atomic mass is 10.1. The highest BCUT2D eigenvalue weighted by Gasteiger charge is 2.41. The molecule has 1 aromatic heterocycles. The summed E-state index contributed by atoms with van der Waals surface area (Å²) in [6, 6.07) is 6.78. The normalized spacial score (nSPS) is 19.4. The minimum absolute atomic E-state index is 0.00848. The number of halogens is 4. The Hall–Kier alpha value is -3.98. The van der Waals surface area contributed by atoms with Crippen molar-refractivity contribution in [2.45, 2.75) is 62.6 Å². The molecule has 0 spiro atoms. The SMILES string of the molecule is CC(C)(C)OC(=O)N[C@H]1CS(=O)(=O)c2cc(F)c(-c3nncc(N4CCC(F)(F)CC4)n3)cc2N(Cc2ccc(Cl)cc2)C1=O. The van der Waals surface area contributed by atoms with Gasteiger partial charge in [-0.3, -0.25) is 4.79 Å². The zero-order valence-corrected chi connectivity index (χ0v) is 26.1. The van der Waals surface area contributed by atoms with Gasteiger partial charge in [-0.05, 0) is 50.6 Å². The Morgan fingerprint density at radius 1 is 1.16 bits per heavy atom. The minimum Gasteiger partial charge on any atom is -0.444 e. The van der Waals surface area contributed by atoms with Crippen molar-refractivity contribution in [3.8, 4) is 11.4 Å². The number of hydrogen-bond donors (Lipinski definition) is 1. The van der Waals surface area contributed by atoms with Crippen LogP contribution in [0.15, 0.2) is 47.5 Å². The summed E-state index contributed by atoms with van der Waals surface area (Å²) in [7, 11) is -4.37. The first-order valence-electron chi connectivity index (χ1n) is 14.0. The van der Waals surface area contributed by atoms with Crippen LogP contribution in [-0.2, 0) is 25.9 Å². The van der Waals surface area contributed by atoms with Gasteiger partial charge in [0.1, 0.15) is 17.5 Å². The Balaban J connectivity index is 1.58. The van der Waals surface area contributed by atoms with Gasteiger partial charge < -0.3 is 19.9 Å². The molecule has 2 aliphatic rings. The van der Waals surface area contributed by atoms with E-state index in [1.807, 2.05) is 0 Å². The van der Waals surface area contributed by atoms with Crippen LogP contribution in [0.3, 0.4) is 0 Å². The molecule has 240 valence electrons. The van der Waals surface area contributed by atoms with E-state index >= 15 is 4.39 Å². The molecule has 1 saturated heterocycles. The van der Waals surface area contributed by atoms with Gasteiger partial charge in [0.25, 0.3) is 11.8 Å². The number of ether oxygens (including phenoxy) is 1. The molecule has 16 heteroatoms. The minimum atomic E-state index is -4.37. The molecule has 2 aromatic carbocycles. The molecule has 3 aromatic rings. The predicted octanol–water partition coefficient (Wildman–Crippen LogP) is 4.78. The fourth-order valence-corrected chi connectivity index (χ4v) is 6.72. The number of carbonyl (C=O) groups is 2. The number of amides is 2. The fourth-order valence-electron chi connectivity index (χ4n) is 4.98. The van der Waals surface area contributed by atoms with Crippen molar-refractivity contribution in [3.05, 3.63) is 59.0 Å². The molecule has 0 unspecified atom stereocenters. The standard InChI is InChI=1S/C29H30ClF3N6O5S/c1-28(2,3)44-27(41)35-21-16-45(42,43)23-13-20(31)19(12-22(23)39(26(21)40)15-17-4-6-18(30)7-5-17)25-36-24(14-34-37-25)38-10-8-29(32,33)9-11-38/h4-7,12-14,21H,8-11,15-16H2,1-3H3,(H,35,41)/t21-/m0/s1. The third-order valence-electron chi connectivity index (χ3n) is 7.18. The molecule has 0 bridgehead atoms. The van der Waals surface area contributed by atoms with E-state index in [-0.39, 0.29) is 42.5 Å². The number of carbonyl (C=O) groups excluding carboxylic acids is 2. The maximum atomic E-state index is 15.7. The number of benzene rings is 2. The van der Waals surface area contributed by atoms with Gasteiger partial charge in [-0.1, -0.05) is 23.7 Å². The smallest absolute Gasteiger partial charge is 0.408 e. The Labute approximate surface area is 262 Å². The van der Waals surface area contributed by atoms with Gasteiger partial charge in [0.2, 0.25) is 0 Å². The van der Waals surface area contributed by atoms with E-state index in [1.54, 1.807) is 49.9 Å². The van der Waals surface area contributed by atoms with Crippen LogP contribution in [0, 0.1) is 5.82 Å². The molecule has 0 saturated carbocycles. The molecular formula is C29H30ClF3N6O5S. The summed E-state index contributed by atoms with van der Waals surface area (Å²) in [5.41, 5.74) is -0.820. The summed E-state index contributed by atoms with van der Waals surface area (Å²) in [5.74, 6) is -5.52. The van der Waals surface area contributed by atoms with Crippen LogP contribution >= 0.6 is 11.6 Å². The lowest BCUT2D eigenvalue weighted by Crippen LogP contribution is -2.51. The molecule has 2 aliphatic heterocycles. The number of sulfone groups is 1. The van der Waals surface area contributed by atoms with Crippen LogP contribution < -0.4 is 15.1 Å². The number of alkyl carbamates (subject to hydrolysis) is 1. The van der Waals surface area contributed by atoms with E-state index in [9.17, 15) is 26.8 Å². The van der Waals surface area contributed by atoms with Crippen LogP contribution in [-0.4, -0.2) is 72.0 Å². The third-order valence-corrected chi connectivity index (χ3v) is 9.20. The van der Waals surface area contributed by atoms with Crippen molar-refractivity contribution >= 4 is 44.9 Å². The second-order valence-corrected chi connectivity index (χ2v) is 14.3. The Bertz CT molecular complexity index is 1730. The summed E-state index contributed by atoms with van der Waals surface area (Å²) in [4.78, 5) is 33.1. The number of fused-ring (bicyclic) bond motifs is 1. The topological polar surface area (TPSA) is 135 Å². The van der Waals surface area contributed by atoms with Gasteiger partial charge in [0.15, 0.2) is 21.5 Å². The zero-order chi connectivity index (χ0) is 32.7. The number of nitrogens with one attached hydrogen (secondary N) is 1. The van der Waals surface area contributed by atoms with Crippen molar-refractivity contribution < 1.29 is 35.9 Å². The highest BCUT2D eigenvalue weighted by molar-refractivity contribution is 7.91. The first-order chi connectivity index (χ1) is 21.0. The van der Waals surface area contributed by atoms with E-state index in [2.05, 4.69) is 20.5 Å². The average Bonchev–Trinajstić information content (AvgIpc) is 3.01. The third kappa shape index (κ3) is 7.47. The van der Waals surface area contributed by atoms with E-state index < -0.39 is 68.7 Å². The van der Waals surface area contributed by atoms with E-state index in [1.165, 1.54) is 6.20 Å². The van der Waals surface area contributed by atoms with Crippen LogP contribution in [0.4, 0.5) is 29.5 Å². The maximum absolute atomic E-state index is 15.7. The molecule has 0 radical (unpaired) electrons. The molecule has 1 atom stereocenters. The molecule has 1 N–H and O–H groups in total. The molecule has 2 amide bonds. The first-order valence-corrected chi connectivity index (χ1v) is 16.0. The van der Waals surface area contributed by atoms with Crippen LogP contribution in [0.25, 0.3) is 11.4 Å². The number of piperidine rings is 1. The zero-order valence-electron chi connectivity index (χ0n) is 24.6. The van der Waals surface area contributed by atoms with E-state index in [4.69, 9.17) is 16.3 Å². The molecule has 11 nitrogen and oxygen atoms in total. The number of alkyl halides is 2. The second-order valence-electron chi connectivity index (χ2n) is 11.8. The predicted molar refractivity (Wildman–Crippen MR) is 159 cm³/mol. The second kappa shape index (κ2) is 12.1.